The molecule has 1 unspecified atom stereocenters. The van der Waals surface area contributed by atoms with Gasteiger partial charge in [0.25, 0.3) is 10.0 Å². The number of aromatic nitrogens is 2. The minimum absolute atomic E-state index is 0.110. The summed E-state index contributed by atoms with van der Waals surface area (Å²) in [6.45, 7) is 2.78. The molecule has 1 heterocycles. The highest BCUT2D eigenvalue weighted by atomic mass is 32.2. The lowest BCUT2D eigenvalue weighted by Gasteiger charge is -2.19. The highest BCUT2D eigenvalue weighted by molar-refractivity contribution is 7.89. The van der Waals surface area contributed by atoms with E-state index in [1.165, 1.54) is 18.2 Å². The van der Waals surface area contributed by atoms with Crippen molar-refractivity contribution < 1.29 is 23.1 Å². The highest BCUT2D eigenvalue weighted by Gasteiger charge is 2.29. The number of hydrogen-bond donors (Lipinski definition) is 2. The van der Waals surface area contributed by atoms with Gasteiger partial charge in [0, 0.05) is 17.7 Å². The van der Waals surface area contributed by atoms with Crippen molar-refractivity contribution in [3.8, 4) is 23.1 Å². The third-order valence-corrected chi connectivity index (χ3v) is 6.66. The van der Waals surface area contributed by atoms with Crippen molar-refractivity contribution >= 4 is 21.9 Å². The second-order valence-electron chi connectivity index (χ2n) is 7.31. The molecule has 0 saturated carbocycles. The molecule has 0 aliphatic heterocycles. The smallest absolute Gasteiger partial charge is 0.422 e. The van der Waals surface area contributed by atoms with E-state index < -0.39 is 22.7 Å². The van der Waals surface area contributed by atoms with Crippen LogP contribution in [0.15, 0.2) is 59.5 Å². The van der Waals surface area contributed by atoms with Gasteiger partial charge in [0.05, 0.1) is 23.8 Å². The standard InChI is InChI=1S/C23H23N5O5S/c1-15(17-6-5-9-20(13-17)34(31,32)28(11-10-24)23(29)30)25-22-14-21(26-16(2)27-22)18-7-4-8-19(12-18)33-3/h4-9,12-15H,11H2,1-3H3,(H,29,30)(H,25,26,27). The number of anilines is 1. The van der Waals surface area contributed by atoms with Crippen LogP contribution in [0.5, 0.6) is 5.75 Å². The first kappa shape index (κ1) is 24.5. The van der Waals surface area contributed by atoms with Crippen LogP contribution in [0, 0.1) is 18.3 Å². The Balaban J connectivity index is 1.89. The summed E-state index contributed by atoms with van der Waals surface area (Å²) in [5, 5.41) is 21.3. The number of carboxylic acid groups (broad SMARTS) is 1. The van der Waals surface area contributed by atoms with Crippen molar-refractivity contribution in [2.75, 3.05) is 19.0 Å². The van der Waals surface area contributed by atoms with E-state index in [1.54, 1.807) is 32.2 Å². The number of benzene rings is 2. The SMILES string of the molecule is COc1cccc(-c2cc(NC(C)c3cccc(S(=O)(=O)N(CC#N)C(=O)O)c3)nc(C)n2)c1. The number of methoxy groups -OCH3 is 1. The van der Waals surface area contributed by atoms with Crippen LogP contribution < -0.4 is 10.1 Å². The van der Waals surface area contributed by atoms with E-state index in [4.69, 9.17) is 10.00 Å². The Morgan fingerprint density at radius 2 is 1.94 bits per heavy atom. The lowest BCUT2D eigenvalue weighted by molar-refractivity contribution is 0.175. The van der Waals surface area contributed by atoms with Gasteiger partial charge in [0.2, 0.25) is 0 Å². The maximum absolute atomic E-state index is 12.7. The van der Waals surface area contributed by atoms with Gasteiger partial charge in [-0.15, -0.1) is 0 Å². The Labute approximate surface area is 197 Å². The zero-order valence-electron chi connectivity index (χ0n) is 18.8. The van der Waals surface area contributed by atoms with Crippen molar-refractivity contribution in [1.29, 1.82) is 5.26 Å². The molecule has 3 rings (SSSR count). The summed E-state index contributed by atoms with van der Waals surface area (Å²) in [7, 11) is -2.81. The summed E-state index contributed by atoms with van der Waals surface area (Å²) >= 11 is 0. The molecule has 0 aliphatic carbocycles. The quantitative estimate of drug-likeness (QED) is 0.458. The van der Waals surface area contributed by atoms with Gasteiger partial charge in [-0.1, -0.05) is 24.3 Å². The van der Waals surface area contributed by atoms with Gasteiger partial charge in [-0.05, 0) is 43.7 Å². The van der Waals surface area contributed by atoms with Crippen LogP contribution in [-0.4, -0.2) is 47.5 Å². The number of sulfonamides is 1. The number of nitriles is 1. The molecule has 1 amide bonds. The number of nitrogens with zero attached hydrogens (tertiary/aromatic N) is 4. The zero-order chi connectivity index (χ0) is 24.9. The summed E-state index contributed by atoms with van der Waals surface area (Å²) < 4.78 is 30.9. The topological polar surface area (TPSA) is 146 Å². The molecule has 3 aromatic rings. The highest BCUT2D eigenvalue weighted by Crippen LogP contribution is 2.27. The second kappa shape index (κ2) is 10.2. The fourth-order valence-corrected chi connectivity index (χ4v) is 4.49. The minimum Gasteiger partial charge on any atom is -0.497 e. The summed E-state index contributed by atoms with van der Waals surface area (Å²) in [6, 6.07) is 16.3. The van der Waals surface area contributed by atoms with Gasteiger partial charge in [0.15, 0.2) is 0 Å². The van der Waals surface area contributed by atoms with E-state index in [-0.39, 0.29) is 15.2 Å². The third kappa shape index (κ3) is 5.41. The van der Waals surface area contributed by atoms with E-state index in [2.05, 4.69) is 15.3 Å². The zero-order valence-corrected chi connectivity index (χ0v) is 19.6. The molecule has 0 saturated heterocycles. The molecule has 2 N–H and O–H groups in total. The largest absolute Gasteiger partial charge is 0.497 e. The van der Waals surface area contributed by atoms with Gasteiger partial charge in [-0.3, -0.25) is 0 Å². The summed E-state index contributed by atoms with van der Waals surface area (Å²) in [5.74, 6) is 1.77. The van der Waals surface area contributed by atoms with E-state index in [0.29, 0.717) is 28.6 Å². The Kier molecular flexibility index (Phi) is 7.33. The Morgan fingerprint density at radius 1 is 1.21 bits per heavy atom. The van der Waals surface area contributed by atoms with Gasteiger partial charge >= 0.3 is 6.09 Å². The van der Waals surface area contributed by atoms with Gasteiger partial charge in [-0.2, -0.15) is 9.57 Å². The monoisotopic (exact) mass is 481 g/mol. The maximum Gasteiger partial charge on any atom is 0.422 e. The molecule has 176 valence electrons. The summed E-state index contributed by atoms with van der Waals surface area (Å²) in [5.41, 5.74) is 2.12. The van der Waals surface area contributed by atoms with Crippen LogP contribution >= 0.6 is 0 Å². The van der Waals surface area contributed by atoms with E-state index >= 15 is 0 Å². The van der Waals surface area contributed by atoms with Crippen molar-refractivity contribution in [3.63, 3.8) is 0 Å². The molecule has 0 aliphatic rings. The molecular weight excluding hydrogens is 458 g/mol. The van der Waals surface area contributed by atoms with Crippen LogP contribution in [0.25, 0.3) is 11.3 Å². The van der Waals surface area contributed by atoms with Crippen LogP contribution in [0.2, 0.25) is 0 Å². The van der Waals surface area contributed by atoms with Crippen molar-refractivity contribution in [3.05, 3.63) is 66.0 Å². The average molecular weight is 482 g/mol. The van der Waals surface area contributed by atoms with Crippen molar-refractivity contribution in [2.45, 2.75) is 24.8 Å². The lowest BCUT2D eigenvalue weighted by atomic mass is 10.1. The van der Waals surface area contributed by atoms with Crippen LogP contribution in [0.3, 0.4) is 0 Å². The molecule has 34 heavy (non-hydrogen) atoms. The molecule has 0 fully saturated rings. The first-order valence-electron chi connectivity index (χ1n) is 10.1. The summed E-state index contributed by atoms with van der Waals surface area (Å²) in [6.07, 6.45) is -1.72. The number of nitrogens with one attached hydrogen (secondary N) is 1. The molecule has 0 spiro atoms. The molecule has 1 atom stereocenters. The molecule has 10 nitrogen and oxygen atoms in total. The van der Waals surface area contributed by atoms with E-state index in [9.17, 15) is 18.3 Å². The molecule has 1 aromatic heterocycles. The molecule has 0 radical (unpaired) electrons. The predicted molar refractivity (Wildman–Crippen MR) is 125 cm³/mol. The number of aryl methyl sites for hydroxylation is 1. The Morgan fingerprint density at radius 3 is 2.62 bits per heavy atom. The fourth-order valence-electron chi connectivity index (χ4n) is 3.27. The molecular formula is C23H23N5O5S. The predicted octanol–water partition coefficient (Wildman–Crippen LogP) is 3.83. The number of hydrogen-bond acceptors (Lipinski definition) is 8. The fraction of sp³-hybridized carbons (Fsp3) is 0.217. The van der Waals surface area contributed by atoms with Gasteiger partial charge < -0.3 is 15.2 Å². The van der Waals surface area contributed by atoms with E-state index in [1.807, 2.05) is 31.2 Å². The van der Waals surface area contributed by atoms with E-state index in [0.717, 1.165) is 5.56 Å². The van der Waals surface area contributed by atoms with Gasteiger partial charge in [0.1, 0.15) is 23.9 Å². The third-order valence-electron chi connectivity index (χ3n) is 4.94. The summed E-state index contributed by atoms with van der Waals surface area (Å²) in [4.78, 5) is 20.0. The van der Waals surface area contributed by atoms with Crippen LogP contribution in [0.1, 0.15) is 24.4 Å². The number of rotatable bonds is 8. The Bertz CT molecular complexity index is 1350. The second-order valence-corrected chi connectivity index (χ2v) is 9.17. The minimum atomic E-state index is -4.40. The maximum atomic E-state index is 12.7. The Hall–Kier alpha value is -4.17. The first-order chi connectivity index (χ1) is 16.1. The molecule has 0 bridgehead atoms. The first-order valence-corrected chi connectivity index (χ1v) is 11.6. The van der Waals surface area contributed by atoms with Crippen LogP contribution in [0.4, 0.5) is 10.6 Å². The number of carbonyl (C=O) groups is 1. The molecule has 2 aromatic carbocycles. The van der Waals surface area contributed by atoms with Gasteiger partial charge in [-0.25, -0.2) is 23.2 Å². The van der Waals surface area contributed by atoms with Crippen molar-refractivity contribution in [2.24, 2.45) is 0 Å². The average Bonchev–Trinajstić information content (AvgIpc) is 2.82. The number of amides is 1. The molecule has 11 heteroatoms. The normalized spacial score (nSPS) is 11.8. The van der Waals surface area contributed by atoms with Crippen LogP contribution in [-0.2, 0) is 10.0 Å². The lowest BCUT2D eigenvalue weighted by Crippen LogP contribution is -2.36. The van der Waals surface area contributed by atoms with Crippen molar-refractivity contribution in [1.82, 2.24) is 14.3 Å². The number of ether oxygens (including phenoxy) is 1.